The van der Waals surface area contributed by atoms with Gasteiger partial charge in [0.1, 0.15) is 0 Å². The monoisotopic (exact) mass is 314 g/mol. The van der Waals surface area contributed by atoms with Gasteiger partial charge in [0.05, 0.1) is 17.2 Å². The maximum absolute atomic E-state index is 4.81. The van der Waals surface area contributed by atoms with Gasteiger partial charge in [-0.1, -0.05) is 43.7 Å². The summed E-state index contributed by atoms with van der Waals surface area (Å²) < 4.78 is 4.21. The zero-order chi connectivity index (χ0) is 15.4. The Bertz CT molecular complexity index is 744. The third-order valence-electron chi connectivity index (χ3n) is 3.73. The number of thioether (sulfide) groups is 1. The summed E-state index contributed by atoms with van der Waals surface area (Å²) >= 11 is 1.80. The lowest BCUT2D eigenvalue weighted by Crippen LogP contribution is -2.00. The second-order valence-electron chi connectivity index (χ2n) is 5.55. The van der Waals surface area contributed by atoms with E-state index in [4.69, 9.17) is 4.98 Å². The van der Waals surface area contributed by atoms with E-state index < -0.39 is 0 Å². The molecule has 5 heteroatoms. The number of aryl methyl sites for hydroxylation is 2. The molecule has 0 atom stereocenters. The van der Waals surface area contributed by atoms with Crippen molar-refractivity contribution in [1.82, 2.24) is 19.3 Å². The third kappa shape index (κ3) is 3.35. The number of rotatable bonds is 7. The van der Waals surface area contributed by atoms with Crippen LogP contribution in [0.5, 0.6) is 0 Å². The van der Waals surface area contributed by atoms with Crippen LogP contribution in [0.2, 0.25) is 0 Å². The molecule has 4 nitrogen and oxygen atoms in total. The molecule has 0 fully saturated rings. The highest BCUT2D eigenvalue weighted by atomic mass is 32.2. The normalized spacial score (nSPS) is 11.4. The molecule has 116 valence electrons. The molecule has 0 radical (unpaired) electrons. The quantitative estimate of drug-likeness (QED) is 0.483. The lowest BCUT2D eigenvalue weighted by atomic mass is 10.2. The van der Waals surface area contributed by atoms with E-state index in [1.807, 2.05) is 17.9 Å². The molecule has 0 aliphatic heterocycles. The molecule has 3 aromatic rings. The first-order valence-electron chi connectivity index (χ1n) is 7.83. The van der Waals surface area contributed by atoms with Crippen LogP contribution in [0.3, 0.4) is 0 Å². The molecule has 1 aromatic carbocycles. The molecule has 0 bridgehead atoms. The van der Waals surface area contributed by atoms with E-state index in [9.17, 15) is 0 Å². The molecule has 2 aromatic heterocycles. The van der Waals surface area contributed by atoms with Crippen molar-refractivity contribution in [1.29, 1.82) is 0 Å². The molecule has 3 rings (SSSR count). The van der Waals surface area contributed by atoms with Gasteiger partial charge in [-0.15, -0.1) is 0 Å². The first-order valence-corrected chi connectivity index (χ1v) is 8.82. The van der Waals surface area contributed by atoms with Gasteiger partial charge in [0, 0.05) is 31.1 Å². The number of para-hydroxylation sites is 2. The predicted molar refractivity (Wildman–Crippen MR) is 92.0 cm³/mol. The fraction of sp³-hybridized carbons (Fsp3) is 0.412. The average molecular weight is 314 g/mol. The Morgan fingerprint density at radius 3 is 2.82 bits per heavy atom. The highest BCUT2D eigenvalue weighted by molar-refractivity contribution is 7.98. The highest BCUT2D eigenvalue weighted by Crippen LogP contribution is 2.27. The minimum Gasteiger partial charge on any atom is -0.319 e. The number of hydrogen-bond acceptors (Lipinski definition) is 3. The Morgan fingerprint density at radius 2 is 2.05 bits per heavy atom. The minimum atomic E-state index is 0.908. The second-order valence-corrected chi connectivity index (χ2v) is 6.50. The molecule has 0 spiro atoms. The maximum Gasteiger partial charge on any atom is 0.169 e. The Morgan fingerprint density at radius 1 is 1.18 bits per heavy atom. The van der Waals surface area contributed by atoms with Gasteiger partial charge in [0.25, 0.3) is 0 Å². The number of nitrogens with zero attached hydrogens (tertiary/aromatic N) is 4. The molecule has 2 heterocycles. The second kappa shape index (κ2) is 7.01. The van der Waals surface area contributed by atoms with Crippen LogP contribution in [0.1, 0.15) is 31.7 Å². The first kappa shape index (κ1) is 15.2. The molecular weight excluding hydrogens is 292 g/mol. The lowest BCUT2D eigenvalue weighted by molar-refractivity contribution is 0.579. The Balaban J connectivity index is 1.81. The Hall–Kier alpha value is -1.75. The van der Waals surface area contributed by atoms with E-state index >= 15 is 0 Å². The number of hydrogen-bond donors (Lipinski definition) is 0. The first-order chi connectivity index (χ1) is 10.8. The molecule has 0 saturated heterocycles. The van der Waals surface area contributed by atoms with Crippen LogP contribution in [0.15, 0.2) is 41.8 Å². The summed E-state index contributed by atoms with van der Waals surface area (Å²) in [5, 5.41) is 5.34. The van der Waals surface area contributed by atoms with E-state index in [1.54, 1.807) is 11.8 Å². The van der Waals surface area contributed by atoms with Gasteiger partial charge in [0.15, 0.2) is 5.16 Å². The van der Waals surface area contributed by atoms with E-state index in [-0.39, 0.29) is 0 Å². The van der Waals surface area contributed by atoms with Gasteiger partial charge < -0.3 is 4.57 Å². The summed E-state index contributed by atoms with van der Waals surface area (Å²) in [4.78, 5) is 4.81. The van der Waals surface area contributed by atoms with Crippen LogP contribution < -0.4 is 0 Å². The van der Waals surface area contributed by atoms with Gasteiger partial charge in [-0.25, -0.2) is 4.98 Å². The summed E-state index contributed by atoms with van der Waals surface area (Å²) in [7, 11) is 1.95. The van der Waals surface area contributed by atoms with E-state index in [0.717, 1.165) is 23.0 Å². The number of aromatic nitrogens is 4. The summed E-state index contributed by atoms with van der Waals surface area (Å²) in [6.45, 7) is 3.29. The van der Waals surface area contributed by atoms with Gasteiger partial charge in [-0.2, -0.15) is 5.10 Å². The molecule has 0 aliphatic carbocycles. The standard InChI is InChI=1S/C17H22N4S/c1-3-4-7-10-21-16-9-6-5-8-15(16)19-17(21)22-13-14-11-18-20(2)12-14/h5-6,8-9,11-12H,3-4,7,10,13H2,1-2H3. The van der Waals surface area contributed by atoms with E-state index in [0.29, 0.717) is 0 Å². The van der Waals surface area contributed by atoms with Crippen molar-refractivity contribution in [3.63, 3.8) is 0 Å². The lowest BCUT2D eigenvalue weighted by Gasteiger charge is -2.08. The van der Waals surface area contributed by atoms with Gasteiger partial charge in [-0.3, -0.25) is 4.68 Å². The van der Waals surface area contributed by atoms with Crippen molar-refractivity contribution in [3.8, 4) is 0 Å². The largest absolute Gasteiger partial charge is 0.319 e. The van der Waals surface area contributed by atoms with Crippen molar-refractivity contribution in [3.05, 3.63) is 42.2 Å². The van der Waals surface area contributed by atoms with Crippen molar-refractivity contribution in [2.75, 3.05) is 0 Å². The van der Waals surface area contributed by atoms with Crippen molar-refractivity contribution < 1.29 is 0 Å². The summed E-state index contributed by atoms with van der Waals surface area (Å²) in [5.41, 5.74) is 3.57. The van der Waals surface area contributed by atoms with Crippen LogP contribution in [-0.2, 0) is 19.3 Å². The zero-order valence-corrected chi connectivity index (χ0v) is 14.0. The predicted octanol–water partition coefficient (Wildman–Crippen LogP) is 4.25. The van der Waals surface area contributed by atoms with E-state index in [1.165, 1.54) is 30.3 Å². The fourth-order valence-electron chi connectivity index (χ4n) is 2.59. The molecule has 0 saturated carbocycles. The molecule has 0 N–H and O–H groups in total. The molecule has 0 amide bonds. The van der Waals surface area contributed by atoms with Crippen molar-refractivity contribution >= 4 is 22.8 Å². The Labute approximate surface area is 135 Å². The van der Waals surface area contributed by atoms with Crippen molar-refractivity contribution in [2.45, 2.75) is 43.6 Å². The fourth-order valence-corrected chi connectivity index (χ4v) is 3.55. The molecular formula is C17H22N4S. The van der Waals surface area contributed by atoms with Crippen LogP contribution in [0, 0.1) is 0 Å². The van der Waals surface area contributed by atoms with Crippen LogP contribution >= 0.6 is 11.8 Å². The summed E-state index contributed by atoms with van der Waals surface area (Å²) in [6, 6.07) is 8.42. The van der Waals surface area contributed by atoms with Gasteiger partial charge >= 0.3 is 0 Å². The van der Waals surface area contributed by atoms with Crippen LogP contribution in [0.25, 0.3) is 11.0 Å². The molecule has 22 heavy (non-hydrogen) atoms. The third-order valence-corrected chi connectivity index (χ3v) is 4.78. The smallest absolute Gasteiger partial charge is 0.169 e. The number of fused-ring (bicyclic) bond motifs is 1. The maximum atomic E-state index is 4.81. The summed E-state index contributed by atoms with van der Waals surface area (Å²) in [5.74, 6) is 0.908. The SMILES string of the molecule is CCCCCn1c(SCc2cnn(C)c2)nc2ccccc21. The number of imidazole rings is 1. The average Bonchev–Trinajstić information content (AvgIpc) is 3.09. The van der Waals surface area contributed by atoms with E-state index in [2.05, 4.69) is 47.1 Å². The van der Waals surface area contributed by atoms with Crippen LogP contribution in [-0.4, -0.2) is 19.3 Å². The Kier molecular flexibility index (Phi) is 4.83. The highest BCUT2D eigenvalue weighted by Gasteiger charge is 2.11. The summed E-state index contributed by atoms with van der Waals surface area (Å²) in [6.07, 6.45) is 7.70. The van der Waals surface area contributed by atoms with Gasteiger partial charge in [-0.05, 0) is 18.6 Å². The molecule has 0 aliphatic rings. The number of benzene rings is 1. The van der Waals surface area contributed by atoms with Crippen LogP contribution in [0.4, 0.5) is 0 Å². The number of unbranched alkanes of at least 4 members (excludes halogenated alkanes) is 2. The van der Waals surface area contributed by atoms with Gasteiger partial charge in [0.2, 0.25) is 0 Å². The molecule has 0 unspecified atom stereocenters. The zero-order valence-electron chi connectivity index (χ0n) is 13.2. The topological polar surface area (TPSA) is 35.6 Å². The van der Waals surface area contributed by atoms with Crippen molar-refractivity contribution in [2.24, 2.45) is 7.05 Å². The minimum absolute atomic E-state index is 0.908.